The summed E-state index contributed by atoms with van der Waals surface area (Å²) in [4.78, 5) is 27.3. The lowest BCUT2D eigenvalue weighted by atomic mass is 10.0. The standard InChI is InChI=1S/C16H16N2O3S.ClH/c19-15(13(10-22)7-11-3-2-6-17-9-11)18-14-5-1-4-12(8-14)16(20)21;/h1-6,8-9,13,22H,7,10H2,(H,18,19)(H,20,21);1H. The van der Waals surface area contributed by atoms with Gasteiger partial charge in [0, 0.05) is 23.8 Å². The van der Waals surface area contributed by atoms with Gasteiger partial charge in [0.2, 0.25) is 5.91 Å². The fourth-order valence-corrected chi connectivity index (χ4v) is 2.31. The summed E-state index contributed by atoms with van der Waals surface area (Å²) in [5, 5.41) is 11.7. The van der Waals surface area contributed by atoms with Crippen molar-refractivity contribution in [3.05, 3.63) is 59.9 Å². The number of halogens is 1. The lowest BCUT2D eigenvalue weighted by molar-refractivity contribution is -0.119. The Morgan fingerprint density at radius 2 is 2.04 bits per heavy atom. The molecular weight excluding hydrogens is 336 g/mol. The highest BCUT2D eigenvalue weighted by atomic mass is 35.5. The molecule has 0 fully saturated rings. The summed E-state index contributed by atoms with van der Waals surface area (Å²) in [7, 11) is 0. The summed E-state index contributed by atoms with van der Waals surface area (Å²) in [6.45, 7) is 0. The number of carbonyl (C=O) groups excluding carboxylic acids is 1. The number of hydrogen-bond donors (Lipinski definition) is 3. The van der Waals surface area contributed by atoms with Gasteiger partial charge in [-0.2, -0.15) is 12.6 Å². The molecule has 1 aromatic heterocycles. The van der Waals surface area contributed by atoms with Crippen molar-refractivity contribution in [1.82, 2.24) is 4.98 Å². The third-order valence-corrected chi connectivity index (χ3v) is 3.61. The minimum Gasteiger partial charge on any atom is -0.478 e. The van der Waals surface area contributed by atoms with Crippen molar-refractivity contribution in [3.63, 3.8) is 0 Å². The maximum Gasteiger partial charge on any atom is 0.335 e. The number of amides is 1. The first-order chi connectivity index (χ1) is 10.6. The third-order valence-electron chi connectivity index (χ3n) is 3.17. The van der Waals surface area contributed by atoms with Gasteiger partial charge in [-0.1, -0.05) is 12.1 Å². The zero-order valence-electron chi connectivity index (χ0n) is 12.2. The molecule has 7 heteroatoms. The molecule has 0 radical (unpaired) electrons. The largest absolute Gasteiger partial charge is 0.478 e. The van der Waals surface area contributed by atoms with Gasteiger partial charge in [0.1, 0.15) is 0 Å². The van der Waals surface area contributed by atoms with E-state index in [4.69, 9.17) is 5.11 Å². The molecule has 0 bridgehead atoms. The van der Waals surface area contributed by atoms with Crippen LogP contribution in [0, 0.1) is 5.92 Å². The first kappa shape index (κ1) is 19.0. The van der Waals surface area contributed by atoms with Crippen LogP contribution in [-0.2, 0) is 11.2 Å². The Balaban J connectivity index is 0.00000264. The van der Waals surface area contributed by atoms with Gasteiger partial charge in [0.25, 0.3) is 0 Å². The van der Waals surface area contributed by atoms with Gasteiger partial charge in [0.05, 0.1) is 11.5 Å². The summed E-state index contributed by atoms with van der Waals surface area (Å²) in [6.07, 6.45) is 3.92. The van der Waals surface area contributed by atoms with Crippen LogP contribution in [0.5, 0.6) is 0 Å². The summed E-state index contributed by atoms with van der Waals surface area (Å²) in [6, 6.07) is 9.88. The number of hydrogen-bond acceptors (Lipinski definition) is 4. The Morgan fingerprint density at radius 3 is 2.65 bits per heavy atom. The Kier molecular flexibility index (Phi) is 7.57. The first-order valence-corrected chi connectivity index (χ1v) is 7.37. The van der Waals surface area contributed by atoms with Crippen LogP contribution in [0.25, 0.3) is 0 Å². The number of rotatable bonds is 6. The van der Waals surface area contributed by atoms with Crippen molar-refractivity contribution in [2.75, 3.05) is 11.1 Å². The van der Waals surface area contributed by atoms with Crippen LogP contribution in [0.3, 0.4) is 0 Å². The van der Waals surface area contributed by atoms with Gasteiger partial charge < -0.3 is 10.4 Å². The van der Waals surface area contributed by atoms with E-state index in [0.717, 1.165) is 5.56 Å². The van der Waals surface area contributed by atoms with Crippen LogP contribution in [0.2, 0.25) is 0 Å². The highest BCUT2D eigenvalue weighted by Gasteiger charge is 2.18. The molecule has 0 aliphatic carbocycles. The van der Waals surface area contributed by atoms with E-state index in [2.05, 4.69) is 22.9 Å². The third kappa shape index (κ3) is 5.58. The normalized spacial score (nSPS) is 11.2. The number of carboxylic acids is 1. The molecule has 1 atom stereocenters. The molecule has 1 heterocycles. The lowest BCUT2D eigenvalue weighted by Gasteiger charge is -2.14. The van der Waals surface area contributed by atoms with E-state index in [-0.39, 0.29) is 29.8 Å². The molecule has 0 saturated heterocycles. The van der Waals surface area contributed by atoms with E-state index in [1.807, 2.05) is 12.1 Å². The van der Waals surface area contributed by atoms with Gasteiger partial charge >= 0.3 is 5.97 Å². The van der Waals surface area contributed by atoms with Crippen LogP contribution in [0.1, 0.15) is 15.9 Å². The van der Waals surface area contributed by atoms with Crippen molar-refractivity contribution in [2.45, 2.75) is 6.42 Å². The molecule has 23 heavy (non-hydrogen) atoms. The monoisotopic (exact) mass is 352 g/mol. The Morgan fingerprint density at radius 1 is 1.26 bits per heavy atom. The summed E-state index contributed by atoms with van der Waals surface area (Å²) < 4.78 is 0. The first-order valence-electron chi connectivity index (χ1n) is 6.74. The number of carbonyl (C=O) groups is 2. The van der Waals surface area contributed by atoms with Crippen molar-refractivity contribution in [2.24, 2.45) is 5.92 Å². The van der Waals surface area contributed by atoms with Crippen LogP contribution >= 0.6 is 25.0 Å². The van der Waals surface area contributed by atoms with Crippen molar-refractivity contribution >= 4 is 42.6 Å². The van der Waals surface area contributed by atoms with E-state index in [1.165, 1.54) is 12.1 Å². The molecule has 0 saturated carbocycles. The Hall–Kier alpha value is -2.05. The molecule has 1 unspecified atom stereocenters. The van der Waals surface area contributed by atoms with E-state index in [1.54, 1.807) is 24.5 Å². The number of carboxylic acid groups (broad SMARTS) is 1. The summed E-state index contributed by atoms with van der Waals surface area (Å²) in [5.41, 5.74) is 1.55. The highest BCUT2D eigenvalue weighted by Crippen LogP contribution is 2.15. The zero-order chi connectivity index (χ0) is 15.9. The summed E-state index contributed by atoms with van der Waals surface area (Å²) in [5.74, 6) is -1.15. The van der Waals surface area contributed by atoms with Gasteiger partial charge in [-0.05, 0) is 36.2 Å². The average Bonchev–Trinajstić information content (AvgIpc) is 2.53. The predicted molar refractivity (Wildman–Crippen MR) is 94.6 cm³/mol. The predicted octanol–water partition coefficient (Wildman–Crippen LogP) is 2.93. The molecule has 2 rings (SSSR count). The molecule has 1 aromatic carbocycles. The van der Waals surface area contributed by atoms with Crippen molar-refractivity contribution in [3.8, 4) is 0 Å². The maximum atomic E-state index is 12.3. The van der Waals surface area contributed by atoms with E-state index in [0.29, 0.717) is 17.9 Å². The number of benzene rings is 1. The molecule has 2 aromatic rings. The van der Waals surface area contributed by atoms with Crippen molar-refractivity contribution < 1.29 is 14.7 Å². The number of nitrogens with zero attached hydrogens (tertiary/aromatic N) is 1. The number of aromatic nitrogens is 1. The minimum absolute atomic E-state index is 0. The molecule has 0 aliphatic rings. The van der Waals surface area contributed by atoms with Crippen molar-refractivity contribution in [1.29, 1.82) is 0 Å². The smallest absolute Gasteiger partial charge is 0.335 e. The fourth-order valence-electron chi connectivity index (χ4n) is 2.02. The van der Waals surface area contributed by atoms with E-state index >= 15 is 0 Å². The Labute approximate surface area is 146 Å². The van der Waals surface area contributed by atoms with Gasteiger partial charge in [-0.15, -0.1) is 12.4 Å². The molecular formula is C16H17ClN2O3S. The second kappa shape index (κ2) is 9.17. The zero-order valence-corrected chi connectivity index (χ0v) is 13.9. The summed E-state index contributed by atoms with van der Waals surface area (Å²) >= 11 is 4.23. The SMILES string of the molecule is Cl.O=C(O)c1cccc(NC(=O)C(CS)Cc2cccnc2)c1. The molecule has 122 valence electrons. The molecule has 2 N–H and O–H groups in total. The van der Waals surface area contributed by atoms with Gasteiger partial charge in [0.15, 0.2) is 0 Å². The number of anilines is 1. The molecule has 0 aliphatic heterocycles. The van der Waals surface area contributed by atoms with Crippen LogP contribution in [-0.4, -0.2) is 27.7 Å². The molecule has 0 spiro atoms. The van der Waals surface area contributed by atoms with Crippen LogP contribution < -0.4 is 5.32 Å². The number of aromatic carboxylic acids is 1. The number of nitrogens with one attached hydrogen (secondary N) is 1. The highest BCUT2D eigenvalue weighted by molar-refractivity contribution is 7.80. The van der Waals surface area contributed by atoms with Gasteiger partial charge in [-0.3, -0.25) is 9.78 Å². The maximum absolute atomic E-state index is 12.3. The molecule has 1 amide bonds. The topological polar surface area (TPSA) is 79.3 Å². The van der Waals surface area contributed by atoms with Crippen LogP contribution in [0.4, 0.5) is 5.69 Å². The molecule has 5 nitrogen and oxygen atoms in total. The van der Waals surface area contributed by atoms with E-state index in [9.17, 15) is 9.59 Å². The second-order valence-electron chi connectivity index (χ2n) is 4.82. The average molecular weight is 353 g/mol. The fraction of sp³-hybridized carbons (Fsp3) is 0.188. The van der Waals surface area contributed by atoms with Crippen LogP contribution in [0.15, 0.2) is 48.8 Å². The minimum atomic E-state index is -1.03. The van der Waals surface area contributed by atoms with Gasteiger partial charge in [-0.25, -0.2) is 4.79 Å². The quantitative estimate of drug-likeness (QED) is 0.698. The number of thiol groups is 1. The van der Waals surface area contributed by atoms with E-state index < -0.39 is 5.97 Å². The number of pyridine rings is 1. The Bertz CT molecular complexity index is 667. The lowest BCUT2D eigenvalue weighted by Crippen LogP contribution is -2.26. The second-order valence-corrected chi connectivity index (χ2v) is 5.19.